The molecular formula is C8H8F2N2O2. The van der Waals surface area contributed by atoms with E-state index >= 15 is 0 Å². The molecule has 0 fully saturated rings. The molecule has 0 atom stereocenters. The lowest BCUT2D eigenvalue weighted by atomic mass is 10.1. The quantitative estimate of drug-likeness (QED) is 0.771. The summed E-state index contributed by atoms with van der Waals surface area (Å²) in [6, 6.07) is 1.31. The van der Waals surface area contributed by atoms with Gasteiger partial charge in [0.15, 0.2) is 0 Å². The normalized spacial score (nSPS) is 10.6. The zero-order valence-corrected chi connectivity index (χ0v) is 7.08. The first-order chi connectivity index (χ1) is 6.57. The van der Waals surface area contributed by atoms with Crippen molar-refractivity contribution in [2.75, 3.05) is 0 Å². The van der Waals surface area contributed by atoms with E-state index in [2.05, 4.69) is 4.98 Å². The minimum absolute atomic E-state index is 0.107. The minimum Gasteiger partial charge on any atom is -0.478 e. The number of nitrogens with zero attached hydrogens (tertiary/aromatic N) is 1. The predicted octanol–water partition coefficient (Wildman–Crippen LogP) is 1.18. The Morgan fingerprint density at radius 3 is 2.71 bits per heavy atom. The molecule has 0 saturated heterocycles. The highest BCUT2D eigenvalue weighted by molar-refractivity contribution is 5.90. The lowest BCUT2D eigenvalue weighted by Gasteiger charge is -2.07. The molecule has 0 aliphatic carbocycles. The van der Waals surface area contributed by atoms with Crippen LogP contribution >= 0.6 is 0 Å². The number of alkyl halides is 2. The molecule has 1 heterocycles. The minimum atomic E-state index is -2.91. The smallest absolute Gasteiger partial charge is 0.338 e. The Hall–Kier alpha value is -1.56. The van der Waals surface area contributed by atoms with Gasteiger partial charge in [0.05, 0.1) is 5.56 Å². The first kappa shape index (κ1) is 10.5. The third-order valence-electron chi connectivity index (χ3n) is 1.71. The van der Waals surface area contributed by atoms with Crippen LogP contribution in [0.25, 0.3) is 0 Å². The maximum absolute atomic E-state index is 12.3. The number of aromatic carboxylic acids is 1. The largest absolute Gasteiger partial charge is 0.478 e. The Balaban J connectivity index is 3.35. The topological polar surface area (TPSA) is 76.2 Å². The summed E-state index contributed by atoms with van der Waals surface area (Å²) in [5.41, 5.74) is 4.15. The summed E-state index contributed by atoms with van der Waals surface area (Å²) in [6.07, 6.45) is -1.79. The number of rotatable bonds is 3. The Morgan fingerprint density at radius 2 is 2.29 bits per heavy atom. The van der Waals surface area contributed by atoms with E-state index < -0.39 is 23.7 Å². The second-order valence-corrected chi connectivity index (χ2v) is 2.54. The summed E-state index contributed by atoms with van der Waals surface area (Å²) >= 11 is 0. The predicted molar refractivity (Wildman–Crippen MR) is 44.0 cm³/mol. The Morgan fingerprint density at radius 1 is 1.64 bits per heavy atom. The van der Waals surface area contributed by atoms with Crippen LogP contribution < -0.4 is 5.73 Å². The summed E-state index contributed by atoms with van der Waals surface area (Å²) in [6.45, 7) is -0.107. The molecule has 14 heavy (non-hydrogen) atoms. The van der Waals surface area contributed by atoms with E-state index in [9.17, 15) is 13.6 Å². The third kappa shape index (κ3) is 1.85. The average Bonchev–Trinajstić information content (AvgIpc) is 2.16. The first-order valence-electron chi connectivity index (χ1n) is 3.77. The van der Waals surface area contributed by atoms with Crippen molar-refractivity contribution in [2.24, 2.45) is 5.73 Å². The van der Waals surface area contributed by atoms with E-state index in [1.165, 1.54) is 6.07 Å². The molecule has 76 valence electrons. The van der Waals surface area contributed by atoms with Crippen LogP contribution in [0.2, 0.25) is 0 Å². The van der Waals surface area contributed by atoms with Gasteiger partial charge in [0.1, 0.15) is 5.69 Å². The third-order valence-corrected chi connectivity index (χ3v) is 1.71. The van der Waals surface area contributed by atoms with Gasteiger partial charge in [-0.1, -0.05) is 0 Å². The van der Waals surface area contributed by atoms with Crippen LogP contribution in [0.4, 0.5) is 8.78 Å². The molecule has 0 aliphatic rings. The molecule has 1 rings (SSSR count). The number of halogens is 2. The molecule has 4 nitrogen and oxygen atoms in total. The number of carbonyl (C=O) groups is 1. The molecule has 0 bridgehead atoms. The van der Waals surface area contributed by atoms with Crippen molar-refractivity contribution in [3.8, 4) is 0 Å². The number of nitrogens with two attached hydrogens (primary N) is 1. The van der Waals surface area contributed by atoms with Gasteiger partial charge < -0.3 is 10.8 Å². The van der Waals surface area contributed by atoms with Gasteiger partial charge in [0.2, 0.25) is 0 Å². The summed E-state index contributed by atoms with van der Waals surface area (Å²) in [7, 11) is 0. The molecule has 3 N–H and O–H groups in total. The van der Waals surface area contributed by atoms with Crippen molar-refractivity contribution in [1.82, 2.24) is 4.98 Å². The zero-order valence-electron chi connectivity index (χ0n) is 7.08. The molecule has 0 aromatic carbocycles. The van der Waals surface area contributed by atoms with Gasteiger partial charge in [-0.25, -0.2) is 13.6 Å². The number of carboxylic acids is 1. The fraction of sp³-hybridized carbons (Fsp3) is 0.250. The van der Waals surface area contributed by atoms with Crippen LogP contribution in [0.1, 0.15) is 28.0 Å². The SMILES string of the molecule is NCc1ccnc(C(F)F)c1C(=O)O. The number of aromatic nitrogens is 1. The lowest BCUT2D eigenvalue weighted by molar-refractivity contribution is 0.0681. The van der Waals surface area contributed by atoms with Crippen LogP contribution in [-0.4, -0.2) is 16.1 Å². The maximum atomic E-state index is 12.3. The van der Waals surface area contributed by atoms with E-state index in [4.69, 9.17) is 10.8 Å². The van der Waals surface area contributed by atoms with E-state index in [-0.39, 0.29) is 12.1 Å². The number of pyridine rings is 1. The zero-order chi connectivity index (χ0) is 10.7. The molecule has 0 unspecified atom stereocenters. The van der Waals surface area contributed by atoms with Crippen LogP contribution in [0.5, 0.6) is 0 Å². The van der Waals surface area contributed by atoms with Gasteiger partial charge in [-0.05, 0) is 11.6 Å². The first-order valence-corrected chi connectivity index (χ1v) is 3.77. The van der Waals surface area contributed by atoms with Crippen molar-refractivity contribution in [3.63, 3.8) is 0 Å². The van der Waals surface area contributed by atoms with Crippen molar-refractivity contribution in [3.05, 3.63) is 29.1 Å². The average molecular weight is 202 g/mol. The number of carboxylic acid groups (broad SMARTS) is 1. The molecule has 1 aromatic rings. The molecule has 1 aromatic heterocycles. The highest BCUT2D eigenvalue weighted by atomic mass is 19.3. The maximum Gasteiger partial charge on any atom is 0.338 e. The lowest BCUT2D eigenvalue weighted by Crippen LogP contribution is -2.12. The standard InChI is InChI=1S/C8H8F2N2O2/c9-7(10)6-5(8(13)14)4(3-11)1-2-12-6/h1-2,7H,3,11H2,(H,13,14). The van der Waals surface area contributed by atoms with E-state index in [0.29, 0.717) is 0 Å². The van der Waals surface area contributed by atoms with Gasteiger partial charge >= 0.3 is 5.97 Å². The second-order valence-electron chi connectivity index (χ2n) is 2.54. The summed E-state index contributed by atoms with van der Waals surface area (Å²) in [5.74, 6) is -1.44. The highest BCUT2D eigenvalue weighted by Gasteiger charge is 2.22. The Bertz CT molecular complexity index is 355. The van der Waals surface area contributed by atoms with Crippen LogP contribution in [0.15, 0.2) is 12.3 Å². The monoisotopic (exact) mass is 202 g/mol. The van der Waals surface area contributed by atoms with E-state index in [1.54, 1.807) is 0 Å². The fourth-order valence-corrected chi connectivity index (χ4v) is 1.10. The molecule has 6 heteroatoms. The van der Waals surface area contributed by atoms with Crippen LogP contribution in [0.3, 0.4) is 0 Å². The number of hydrogen-bond donors (Lipinski definition) is 2. The summed E-state index contributed by atoms with van der Waals surface area (Å²) in [5, 5.41) is 8.70. The van der Waals surface area contributed by atoms with Crippen LogP contribution in [0, 0.1) is 0 Å². The van der Waals surface area contributed by atoms with Crippen molar-refractivity contribution in [1.29, 1.82) is 0 Å². The molecule has 0 saturated carbocycles. The van der Waals surface area contributed by atoms with E-state index in [0.717, 1.165) is 6.20 Å². The van der Waals surface area contributed by atoms with Gasteiger partial charge in [0.25, 0.3) is 6.43 Å². The molecule has 0 spiro atoms. The van der Waals surface area contributed by atoms with E-state index in [1.807, 2.05) is 0 Å². The highest BCUT2D eigenvalue weighted by Crippen LogP contribution is 2.22. The van der Waals surface area contributed by atoms with Crippen LogP contribution in [-0.2, 0) is 6.54 Å². The molecule has 0 radical (unpaired) electrons. The second kappa shape index (κ2) is 4.10. The van der Waals surface area contributed by atoms with Gasteiger partial charge in [-0.2, -0.15) is 0 Å². The van der Waals surface area contributed by atoms with Gasteiger partial charge in [-0.15, -0.1) is 0 Å². The fourth-order valence-electron chi connectivity index (χ4n) is 1.10. The Labute approximate surface area is 78.4 Å². The molecular weight excluding hydrogens is 194 g/mol. The van der Waals surface area contributed by atoms with Gasteiger partial charge in [-0.3, -0.25) is 4.98 Å². The van der Waals surface area contributed by atoms with Crippen molar-refractivity contribution >= 4 is 5.97 Å². The summed E-state index contributed by atoms with van der Waals surface area (Å²) < 4.78 is 24.7. The Kier molecular flexibility index (Phi) is 3.08. The molecule has 0 aliphatic heterocycles. The number of hydrogen-bond acceptors (Lipinski definition) is 3. The van der Waals surface area contributed by atoms with Crippen molar-refractivity contribution in [2.45, 2.75) is 13.0 Å². The summed E-state index contributed by atoms with van der Waals surface area (Å²) in [4.78, 5) is 14.0. The van der Waals surface area contributed by atoms with Gasteiger partial charge in [0, 0.05) is 12.7 Å². The van der Waals surface area contributed by atoms with Crippen molar-refractivity contribution < 1.29 is 18.7 Å². The molecule has 0 amide bonds.